The van der Waals surface area contributed by atoms with Crippen LogP contribution in [0.1, 0.15) is 6.92 Å². The molecule has 0 aromatic rings. The Balaban J connectivity index is 3.71. The molecule has 0 saturated carbocycles. The number of aliphatic hydroxyl groups is 4. The van der Waals surface area contributed by atoms with E-state index in [1.807, 2.05) is 0 Å². The Hall–Kier alpha value is -0.160. The van der Waals surface area contributed by atoms with E-state index in [2.05, 4.69) is 0 Å². The quantitative estimate of drug-likeness (QED) is 0.321. The summed E-state index contributed by atoms with van der Waals surface area (Å²) in [5.41, 5.74) is 0. The average Bonchev–Trinajstić information content (AvgIpc) is 1.67. The van der Waals surface area contributed by atoms with Gasteiger partial charge in [0, 0.05) is 0 Å². The van der Waals surface area contributed by atoms with Crippen LogP contribution in [-0.2, 0) is 0 Å². The minimum atomic E-state index is -2.35. The van der Waals surface area contributed by atoms with Crippen LogP contribution in [0, 0.1) is 0 Å². The maximum atomic E-state index is 8.46. The van der Waals surface area contributed by atoms with Crippen LogP contribution in [0.25, 0.3) is 0 Å². The summed E-state index contributed by atoms with van der Waals surface area (Å²) in [6.45, 7) is 0.320. The molecule has 4 N–H and O–H groups in total. The van der Waals surface area contributed by atoms with E-state index in [1.54, 1.807) is 0 Å². The van der Waals surface area contributed by atoms with Gasteiger partial charge in [0.25, 0.3) is 0 Å². The summed E-state index contributed by atoms with van der Waals surface area (Å²) in [6.07, 6.45) is -1.33. The van der Waals surface area contributed by atoms with Gasteiger partial charge >= 0.3 is 0 Å². The Morgan fingerprint density at radius 3 is 1.88 bits per heavy atom. The van der Waals surface area contributed by atoms with E-state index in [0.29, 0.717) is 0 Å². The highest BCUT2D eigenvalue weighted by Gasteiger charge is 2.27. The fraction of sp³-hybridized carbons (Fsp3) is 1.00. The third-order valence-corrected chi connectivity index (χ3v) is 0.902. The summed E-state index contributed by atoms with van der Waals surface area (Å²) in [5.74, 6) is -2.35. The third kappa shape index (κ3) is 1.75. The predicted octanol–water partition coefficient (Wildman–Crippen LogP) is -1.96. The van der Waals surface area contributed by atoms with Crippen molar-refractivity contribution < 1.29 is 20.4 Å². The van der Waals surface area contributed by atoms with Gasteiger partial charge in [-0.05, 0) is 6.92 Å². The molecule has 0 heterocycles. The summed E-state index contributed by atoms with van der Waals surface area (Å²) in [7, 11) is 0. The highest BCUT2D eigenvalue weighted by atomic mass is 16.5. The molecule has 0 saturated heterocycles. The van der Waals surface area contributed by atoms with Gasteiger partial charge < -0.3 is 20.4 Å². The largest absolute Gasteiger partial charge is 0.391 e. The zero-order valence-corrected chi connectivity index (χ0v) is 4.57. The Kier molecular flexibility index (Phi) is 2.36. The molecule has 0 rings (SSSR count). The zero-order chi connectivity index (χ0) is 6.78. The van der Waals surface area contributed by atoms with E-state index < -0.39 is 18.5 Å². The van der Waals surface area contributed by atoms with Gasteiger partial charge in [-0.15, -0.1) is 0 Å². The highest BCUT2D eigenvalue weighted by molar-refractivity contribution is 4.68. The van der Waals surface area contributed by atoms with Crippen molar-refractivity contribution in [3.05, 3.63) is 0 Å². The molecule has 0 aromatic carbocycles. The second-order valence-electron chi connectivity index (χ2n) is 1.71. The molecule has 0 aliphatic carbocycles. The van der Waals surface area contributed by atoms with E-state index in [1.165, 1.54) is 6.92 Å². The van der Waals surface area contributed by atoms with Gasteiger partial charge in [-0.25, -0.2) is 0 Å². The molecule has 0 spiro atoms. The first kappa shape index (κ1) is 7.84. The van der Waals surface area contributed by atoms with Crippen LogP contribution in [0.2, 0.25) is 0 Å². The summed E-state index contributed by atoms with van der Waals surface area (Å²) < 4.78 is 0. The van der Waals surface area contributed by atoms with Crippen LogP contribution in [-0.4, -0.2) is 38.9 Å². The molecule has 4 nitrogen and oxygen atoms in total. The first-order valence-electron chi connectivity index (χ1n) is 2.24. The van der Waals surface area contributed by atoms with Crippen molar-refractivity contribution in [2.45, 2.75) is 18.8 Å². The third-order valence-electron chi connectivity index (χ3n) is 0.902. The van der Waals surface area contributed by atoms with Crippen molar-refractivity contribution in [2.24, 2.45) is 0 Å². The lowest BCUT2D eigenvalue weighted by molar-refractivity contribution is -0.238. The standard InChI is InChI=1S/C4H10O4/c1-3(6)4(7,8)2-5/h3,5-8H,2H2,1H3. The van der Waals surface area contributed by atoms with Crippen LogP contribution < -0.4 is 0 Å². The smallest absolute Gasteiger partial charge is 0.213 e. The lowest BCUT2D eigenvalue weighted by atomic mass is 10.2. The van der Waals surface area contributed by atoms with Crippen molar-refractivity contribution in [3.63, 3.8) is 0 Å². The number of hydrogen-bond acceptors (Lipinski definition) is 4. The fourth-order valence-corrected chi connectivity index (χ4v) is 0.132. The molecule has 0 bridgehead atoms. The van der Waals surface area contributed by atoms with Crippen LogP contribution in [0.5, 0.6) is 0 Å². The molecule has 8 heavy (non-hydrogen) atoms. The molecule has 0 aliphatic rings. The summed E-state index contributed by atoms with van der Waals surface area (Å²) >= 11 is 0. The van der Waals surface area contributed by atoms with Crippen molar-refractivity contribution in [2.75, 3.05) is 6.61 Å². The molecule has 0 amide bonds. The monoisotopic (exact) mass is 122 g/mol. The molecular weight excluding hydrogens is 112 g/mol. The molecule has 1 atom stereocenters. The van der Waals surface area contributed by atoms with Gasteiger partial charge in [-0.2, -0.15) is 0 Å². The fourth-order valence-electron chi connectivity index (χ4n) is 0.132. The van der Waals surface area contributed by atoms with E-state index >= 15 is 0 Å². The predicted molar refractivity (Wildman–Crippen MR) is 25.9 cm³/mol. The molecule has 50 valence electrons. The van der Waals surface area contributed by atoms with Gasteiger partial charge in [-0.1, -0.05) is 0 Å². The Morgan fingerprint density at radius 2 is 1.88 bits per heavy atom. The number of hydrogen-bond donors (Lipinski definition) is 4. The van der Waals surface area contributed by atoms with Crippen LogP contribution in [0.3, 0.4) is 0 Å². The minimum absolute atomic E-state index is 0.856. The van der Waals surface area contributed by atoms with Crippen molar-refractivity contribution >= 4 is 0 Å². The average molecular weight is 122 g/mol. The maximum Gasteiger partial charge on any atom is 0.213 e. The molecular formula is C4H10O4. The van der Waals surface area contributed by atoms with E-state index in [0.717, 1.165) is 0 Å². The second kappa shape index (κ2) is 2.41. The van der Waals surface area contributed by atoms with Gasteiger partial charge in [0.2, 0.25) is 5.79 Å². The van der Waals surface area contributed by atoms with E-state index in [-0.39, 0.29) is 0 Å². The minimum Gasteiger partial charge on any atom is -0.391 e. The van der Waals surface area contributed by atoms with E-state index in [4.69, 9.17) is 20.4 Å². The normalized spacial score (nSPS) is 16.1. The molecule has 1 unspecified atom stereocenters. The maximum absolute atomic E-state index is 8.46. The van der Waals surface area contributed by atoms with Crippen LogP contribution in [0.15, 0.2) is 0 Å². The van der Waals surface area contributed by atoms with Crippen LogP contribution in [0.4, 0.5) is 0 Å². The van der Waals surface area contributed by atoms with Gasteiger partial charge in [-0.3, -0.25) is 0 Å². The molecule has 4 heteroatoms. The molecule has 0 aliphatic heterocycles. The lowest BCUT2D eigenvalue weighted by Gasteiger charge is -2.21. The zero-order valence-electron chi connectivity index (χ0n) is 4.57. The van der Waals surface area contributed by atoms with Crippen molar-refractivity contribution in [3.8, 4) is 0 Å². The summed E-state index contributed by atoms with van der Waals surface area (Å²) in [4.78, 5) is 0. The summed E-state index contributed by atoms with van der Waals surface area (Å²) in [5, 5.41) is 33.4. The summed E-state index contributed by atoms with van der Waals surface area (Å²) in [6, 6.07) is 0. The SMILES string of the molecule is CC(O)C(O)(O)CO. The topological polar surface area (TPSA) is 80.9 Å². The second-order valence-corrected chi connectivity index (χ2v) is 1.71. The Labute approximate surface area is 47.0 Å². The molecule has 0 aromatic heterocycles. The first-order valence-corrected chi connectivity index (χ1v) is 2.24. The Bertz CT molecular complexity index is 68.4. The van der Waals surface area contributed by atoms with Crippen molar-refractivity contribution in [1.29, 1.82) is 0 Å². The lowest BCUT2D eigenvalue weighted by Crippen LogP contribution is -2.43. The van der Waals surface area contributed by atoms with Crippen molar-refractivity contribution in [1.82, 2.24) is 0 Å². The molecule has 0 fully saturated rings. The number of aliphatic hydroxyl groups excluding tert-OH is 2. The van der Waals surface area contributed by atoms with Gasteiger partial charge in [0.15, 0.2) is 0 Å². The number of rotatable bonds is 2. The highest BCUT2D eigenvalue weighted by Crippen LogP contribution is 2.02. The van der Waals surface area contributed by atoms with Crippen LogP contribution >= 0.6 is 0 Å². The van der Waals surface area contributed by atoms with Gasteiger partial charge in [0.1, 0.15) is 6.10 Å². The Morgan fingerprint density at radius 1 is 1.50 bits per heavy atom. The molecule has 0 radical (unpaired) electrons. The first-order chi connectivity index (χ1) is 3.50. The van der Waals surface area contributed by atoms with E-state index in [9.17, 15) is 0 Å². The van der Waals surface area contributed by atoms with Gasteiger partial charge in [0.05, 0.1) is 6.61 Å².